The maximum atomic E-state index is 12.4. The van der Waals surface area contributed by atoms with Crippen LogP contribution in [-0.4, -0.2) is 17.4 Å². The summed E-state index contributed by atoms with van der Waals surface area (Å²) in [5.74, 6) is 0.961. The van der Waals surface area contributed by atoms with E-state index in [-0.39, 0.29) is 11.2 Å². The highest BCUT2D eigenvalue weighted by Crippen LogP contribution is 2.29. The summed E-state index contributed by atoms with van der Waals surface area (Å²) < 4.78 is 5.63. The topological polar surface area (TPSA) is 42.1 Å². The second-order valence-electron chi connectivity index (χ2n) is 5.84. The van der Waals surface area contributed by atoms with Crippen molar-refractivity contribution >= 4 is 16.7 Å². The lowest BCUT2D eigenvalue weighted by Gasteiger charge is -2.15. The minimum atomic E-state index is -0.380. The number of hydrogen-bond donors (Lipinski definition) is 1. The summed E-state index contributed by atoms with van der Waals surface area (Å²) in [6.07, 6.45) is 2.76. The van der Waals surface area contributed by atoms with E-state index in [1.807, 2.05) is 39.0 Å². The van der Waals surface area contributed by atoms with Gasteiger partial charge in [0.1, 0.15) is 5.75 Å². The molecule has 2 rings (SSSR count). The first-order chi connectivity index (χ1) is 8.93. The van der Waals surface area contributed by atoms with E-state index >= 15 is 0 Å². The fourth-order valence-corrected chi connectivity index (χ4v) is 2.00. The zero-order valence-electron chi connectivity index (χ0n) is 12.0. The Morgan fingerprint density at radius 2 is 2.05 bits per heavy atom. The Labute approximate surface area is 114 Å². The normalized spacial score (nSPS) is 11.8. The summed E-state index contributed by atoms with van der Waals surface area (Å²) >= 11 is 0. The van der Waals surface area contributed by atoms with E-state index < -0.39 is 0 Å². The number of aromatic nitrogens is 1. The van der Waals surface area contributed by atoms with E-state index in [9.17, 15) is 4.79 Å². The van der Waals surface area contributed by atoms with Gasteiger partial charge >= 0.3 is 0 Å². The molecule has 1 heterocycles. The van der Waals surface area contributed by atoms with Gasteiger partial charge in [-0.05, 0) is 24.6 Å². The first-order valence-corrected chi connectivity index (χ1v) is 6.72. The Morgan fingerprint density at radius 3 is 2.68 bits per heavy atom. The molecular formula is C16H21NO2. The van der Waals surface area contributed by atoms with Gasteiger partial charge in [-0.1, -0.05) is 27.7 Å². The van der Waals surface area contributed by atoms with Crippen LogP contribution < -0.4 is 4.74 Å². The van der Waals surface area contributed by atoms with Gasteiger partial charge in [0.25, 0.3) is 0 Å². The van der Waals surface area contributed by atoms with E-state index in [0.29, 0.717) is 6.61 Å². The number of benzene rings is 1. The highest BCUT2D eigenvalue weighted by molar-refractivity contribution is 6.10. The van der Waals surface area contributed by atoms with Gasteiger partial charge in [0.2, 0.25) is 0 Å². The minimum absolute atomic E-state index is 0.145. The summed E-state index contributed by atoms with van der Waals surface area (Å²) in [5.41, 5.74) is 1.33. The Hall–Kier alpha value is -1.77. The number of carbonyl (C=O) groups is 1. The molecule has 0 unspecified atom stereocenters. The number of H-pyrrole nitrogens is 1. The number of rotatable bonds is 4. The van der Waals surface area contributed by atoms with Gasteiger partial charge in [-0.2, -0.15) is 0 Å². The van der Waals surface area contributed by atoms with Crippen LogP contribution in [0.3, 0.4) is 0 Å². The van der Waals surface area contributed by atoms with Crippen LogP contribution in [0.15, 0.2) is 24.4 Å². The first kappa shape index (κ1) is 13.7. The summed E-state index contributed by atoms with van der Waals surface area (Å²) in [7, 11) is 0. The molecule has 0 aliphatic rings. The van der Waals surface area contributed by atoms with Crippen molar-refractivity contribution in [2.45, 2.75) is 34.1 Å². The number of Topliss-reactive ketones (excluding diaryl/α,β-unsaturated/α-hetero) is 1. The minimum Gasteiger partial charge on any atom is -0.494 e. The van der Waals surface area contributed by atoms with Crippen molar-refractivity contribution < 1.29 is 9.53 Å². The van der Waals surface area contributed by atoms with Gasteiger partial charge in [0.05, 0.1) is 6.61 Å². The lowest BCUT2D eigenvalue weighted by atomic mass is 9.86. The van der Waals surface area contributed by atoms with Crippen LogP contribution in [0.25, 0.3) is 10.9 Å². The summed E-state index contributed by atoms with van der Waals surface area (Å²) in [6.45, 7) is 8.57. The molecule has 2 aromatic rings. The van der Waals surface area contributed by atoms with Gasteiger partial charge in [0.15, 0.2) is 5.78 Å². The van der Waals surface area contributed by atoms with Crippen LogP contribution >= 0.6 is 0 Å². The fraction of sp³-hybridized carbons (Fsp3) is 0.438. The Balaban J connectivity index is 2.43. The quantitative estimate of drug-likeness (QED) is 0.837. The third-order valence-corrected chi connectivity index (χ3v) is 3.05. The van der Waals surface area contributed by atoms with E-state index in [1.54, 1.807) is 6.20 Å². The standard InChI is InChI=1S/C16H21NO2/c1-5-8-19-11-6-7-14-12(9-11)13(10-17-14)15(18)16(2,3)4/h6-7,9-10,17H,5,8H2,1-4H3. The van der Waals surface area contributed by atoms with Gasteiger partial charge < -0.3 is 9.72 Å². The molecule has 19 heavy (non-hydrogen) atoms. The SMILES string of the molecule is CCCOc1ccc2[nH]cc(C(=O)C(C)(C)C)c2c1. The van der Waals surface area contributed by atoms with Crippen LogP contribution in [-0.2, 0) is 0 Å². The average molecular weight is 259 g/mol. The summed E-state index contributed by atoms with van der Waals surface area (Å²) in [6, 6.07) is 5.83. The molecule has 0 aliphatic heterocycles. The molecule has 0 saturated heterocycles. The Bertz CT molecular complexity index is 590. The van der Waals surface area contributed by atoms with Crippen molar-refractivity contribution in [1.29, 1.82) is 0 Å². The molecule has 1 aromatic heterocycles. The third kappa shape index (κ3) is 2.80. The molecule has 0 fully saturated rings. The highest BCUT2D eigenvalue weighted by Gasteiger charge is 2.25. The van der Waals surface area contributed by atoms with E-state index in [0.717, 1.165) is 28.6 Å². The Kier molecular flexibility index (Phi) is 3.65. The predicted molar refractivity (Wildman–Crippen MR) is 77.9 cm³/mol. The molecule has 1 N–H and O–H groups in total. The van der Waals surface area contributed by atoms with Crippen molar-refractivity contribution in [3.8, 4) is 5.75 Å². The molecule has 3 heteroatoms. The molecule has 0 saturated carbocycles. The van der Waals surface area contributed by atoms with Gasteiger partial charge in [-0.3, -0.25) is 4.79 Å². The van der Waals surface area contributed by atoms with Crippen molar-refractivity contribution in [2.75, 3.05) is 6.61 Å². The van der Waals surface area contributed by atoms with Crippen LogP contribution in [0.5, 0.6) is 5.75 Å². The van der Waals surface area contributed by atoms with Gasteiger partial charge in [-0.25, -0.2) is 0 Å². The fourth-order valence-electron chi connectivity index (χ4n) is 2.00. The van der Waals surface area contributed by atoms with E-state index in [4.69, 9.17) is 4.74 Å². The Morgan fingerprint density at radius 1 is 1.32 bits per heavy atom. The van der Waals surface area contributed by atoms with E-state index in [1.165, 1.54) is 0 Å². The molecule has 0 radical (unpaired) electrons. The van der Waals surface area contributed by atoms with Crippen molar-refractivity contribution in [1.82, 2.24) is 4.98 Å². The van der Waals surface area contributed by atoms with Crippen LogP contribution in [0.1, 0.15) is 44.5 Å². The van der Waals surface area contributed by atoms with Crippen LogP contribution in [0.4, 0.5) is 0 Å². The zero-order chi connectivity index (χ0) is 14.0. The maximum Gasteiger partial charge on any atom is 0.170 e. The molecule has 1 aromatic carbocycles. The largest absolute Gasteiger partial charge is 0.494 e. The van der Waals surface area contributed by atoms with Gasteiger partial charge in [-0.15, -0.1) is 0 Å². The second-order valence-corrected chi connectivity index (χ2v) is 5.84. The maximum absolute atomic E-state index is 12.4. The smallest absolute Gasteiger partial charge is 0.170 e. The number of fused-ring (bicyclic) bond motifs is 1. The lowest BCUT2D eigenvalue weighted by Crippen LogP contribution is -2.19. The van der Waals surface area contributed by atoms with Crippen molar-refractivity contribution in [2.24, 2.45) is 5.41 Å². The highest BCUT2D eigenvalue weighted by atomic mass is 16.5. The summed E-state index contributed by atoms with van der Waals surface area (Å²) in [5, 5.41) is 0.938. The molecule has 0 amide bonds. The zero-order valence-corrected chi connectivity index (χ0v) is 12.0. The lowest BCUT2D eigenvalue weighted by molar-refractivity contribution is 0.0860. The van der Waals surface area contributed by atoms with Crippen LogP contribution in [0.2, 0.25) is 0 Å². The molecule has 3 nitrogen and oxygen atoms in total. The number of ether oxygens (including phenoxy) is 1. The number of aromatic amines is 1. The number of nitrogens with one attached hydrogen (secondary N) is 1. The number of hydrogen-bond acceptors (Lipinski definition) is 2. The third-order valence-electron chi connectivity index (χ3n) is 3.05. The van der Waals surface area contributed by atoms with Crippen molar-refractivity contribution in [3.63, 3.8) is 0 Å². The molecule has 102 valence electrons. The average Bonchev–Trinajstić information content (AvgIpc) is 2.77. The predicted octanol–water partition coefficient (Wildman–Crippen LogP) is 4.19. The monoisotopic (exact) mass is 259 g/mol. The molecule has 0 bridgehead atoms. The van der Waals surface area contributed by atoms with E-state index in [2.05, 4.69) is 11.9 Å². The van der Waals surface area contributed by atoms with Gasteiger partial charge in [0, 0.05) is 28.1 Å². The molecule has 0 aliphatic carbocycles. The van der Waals surface area contributed by atoms with Crippen molar-refractivity contribution in [3.05, 3.63) is 30.0 Å². The molecule has 0 atom stereocenters. The first-order valence-electron chi connectivity index (χ1n) is 6.72. The number of ketones is 1. The summed E-state index contributed by atoms with van der Waals surface area (Å²) in [4.78, 5) is 15.6. The second kappa shape index (κ2) is 5.08. The molecule has 0 spiro atoms. The van der Waals surface area contributed by atoms with Crippen LogP contribution in [0, 0.1) is 5.41 Å². The number of carbonyl (C=O) groups excluding carboxylic acids is 1. The molecular weight excluding hydrogens is 238 g/mol.